The summed E-state index contributed by atoms with van der Waals surface area (Å²) >= 11 is 7.55. The number of tetrazole rings is 1. The van der Waals surface area contributed by atoms with Crippen LogP contribution in [0.4, 0.5) is 0 Å². The quantitative estimate of drug-likeness (QED) is 0.253. The molecule has 5 rings (SSSR count). The molecule has 0 amide bonds. The molecule has 0 aliphatic heterocycles. The molecule has 0 fully saturated rings. The number of aromatic nitrogens is 6. The topological polar surface area (TPSA) is 87.7 Å². The molecule has 3 aromatic carbocycles. The second kappa shape index (κ2) is 9.28. The van der Waals surface area contributed by atoms with E-state index in [-0.39, 0.29) is 5.56 Å². The number of methoxy groups -OCH3 is 1. The molecule has 0 spiro atoms. The van der Waals surface area contributed by atoms with E-state index in [1.54, 1.807) is 34.6 Å². The molecule has 0 saturated carbocycles. The van der Waals surface area contributed by atoms with Gasteiger partial charge < -0.3 is 4.74 Å². The van der Waals surface area contributed by atoms with Crippen molar-refractivity contribution >= 4 is 34.3 Å². The van der Waals surface area contributed by atoms with Crippen molar-refractivity contribution < 1.29 is 4.74 Å². The SMILES string of the molecule is COc1ccc(C)cc1-n1c(SCc2nnnn2-c2ccccc2)nc2cc(Cl)ccc2c1=O. The number of thioether (sulfide) groups is 1. The first-order chi connectivity index (χ1) is 16.5. The molecule has 0 radical (unpaired) electrons. The van der Waals surface area contributed by atoms with E-state index in [0.717, 1.165) is 11.3 Å². The van der Waals surface area contributed by atoms with Crippen molar-refractivity contribution in [3.05, 3.63) is 93.5 Å². The van der Waals surface area contributed by atoms with Crippen molar-refractivity contribution in [2.45, 2.75) is 17.8 Å². The number of para-hydroxylation sites is 1. The third kappa shape index (κ3) is 4.15. The van der Waals surface area contributed by atoms with Crippen molar-refractivity contribution in [3.63, 3.8) is 0 Å². The lowest BCUT2D eigenvalue weighted by Crippen LogP contribution is -2.22. The minimum atomic E-state index is -0.212. The summed E-state index contributed by atoms with van der Waals surface area (Å²) in [5.74, 6) is 1.58. The van der Waals surface area contributed by atoms with Gasteiger partial charge in [0.25, 0.3) is 5.56 Å². The van der Waals surface area contributed by atoms with E-state index in [1.807, 2.05) is 55.5 Å². The van der Waals surface area contributed by atoms with Gasteiger partial charge in [-0.15, -0.1) is 5.10 Å². The number of fused-ring (bicyclic) bond motifs is 1. The molecule has 0 aliphatic carbocycles. The van der Waals surface area contributed by atoms with Gasteiger partial charge in [0.15, 0.2) is 11.0 Å². The molecule has 34 heavy (non-hydrogen) atoms. The minimum absolute atomic E-state index is 0.212. The van der Waals surface area contributed by atoms with Gasteiger partial charge in [0.2, 0.25) is 0 Å². The van der Waals surface area contributed by atoms with Gasteiger partial charge >= 0.3 is 0 Å². The third-order valence-electron chi connectivity index (χ3n) is 5.24. The number of rotatable bonds is 6. The molecule has 0 aliphatic rings. The molecular weight excluding hydrogens is 472 g/mol. The van der Waals surface area contributed by atoms with Crippen molar-refractivity contribution in [2.75, 3.05) is 7.11 Å². The summed E-state index contributed by atoms with van der Waals surface area (Å²) in [5.41, 5.74) is 2.75. The summed E-state index contributed by atoms with van der Waals surface area (Å²) in [6, 6.07) is 20.4. The number of halogens is 1. The maximum Gasteiger partial charge on any atom is 0.266 e. The maximum absolute atomic E-state index is 13.7. The van der Waals surface area contributed by atoms with Gasteiger partial charge in [-0.1, -0.05) is 47.6 Å². The van der Waals surface area contributed by atoms with Gasteiger partial charge in [-0.05, 0) is 65.4 Å². The largest absolute Gasteiger partial charge is 0.495 e. The van der Waals surface area contributed by atoms with Crippen molar-refractivity contribution in [1.82, 2.24) is 29.8 Å². The number of aryl methyl sites for hydroxylation is 1. The zero-order valence-corrected chi connectivity index (χ0v) is 19.9. The van der Waals surface area contributed by atoms with Crippen LogP contribution in [0.25, 0.3) is 22.3 Å². The molecule has 170 valence electrons. The Balaban J connectivity index is 1.64. The van der Waals surface area contributed by atoms with E-state index >= 15 is 0 Å². The van der Waals surface area contributed by atoms with E-state index in [0.29, 0.717) is 44.1 Å². The smallest absolute Gasteiger partial charge is 0.266 e. The zero-order valence-electron chi connectivity index (χ0n) is 18.3. The second-order valence-electron chi connectivity index (χ2n) is 7.50. The van der Waals surface area contributed by atoms with Gasteiger partial charge in [0.1, 0.15) is 5.75 Å². The summed E-state index contributed by atoms with van der Waals surface area (Å²) in [5, 5.41) is 13.6. The Morgan fingerprint density at radius 1 is 1.06 bits per heavy atom. The van der Waals surface area contributed by atoms with Crippen molar-refractivity contribution in [3.8, 4) is 17.1 Å². The lowest BCUT2D eigenvalue weighted by molar-refractivity contribution is 0.411. The molecule has 2 aromatic heterocycles. The molecule has 0 atom stereocenters. The summed E-state index contributed by atoms with van der Waals surface area (Å²) in [7, 11) is 1.58. The van der Waals surface area contributed by atoms with E-state index in [2.05, 4.69) is 15.5 Å². The standard InChI is InChI=1S/C24H19ClN6O2S/c1-15-8-11-21(33-2)20(12-15)30-23(32)18-10-9-16(25)13-19(18)26-24(30)34-14-22-27-28-29-31(22)17-6-4-3-5-7-17/h3-13H,14H2,1-2H3. The molecular formula is C24H19ClN6O2S. The molecule has 5 aromatic rings. The highest BCUT2D eigenvalue weighted by atomic mass is 35.5. The molecule has 0 N–H and O–H groups in total. The fourth-order valence-corrected chi connectivity index (χ4v) is 4.69. The van der Waals surface area contributed by atoms with Gasteiger partial charge in [0, 0.05) is 5.02 Å². The van der Waals surface area contributed by atoms with Crippen LogP contribution in [0.2, 0.25) is 5.02 Å². The van der Waals surface area contributed by atoms with E-state index in [1.165, 1.54) is 11.8 Å². The molecule has 0 bridgehead atoms. The van der Waals surface area contributed by atoms with Crippen LogP contribution in [0.5, 0.6) is 5.75 Å². The highest BCUT2D eigenvalue weighted by molar-refractivity contribution is 7.98. The van der Waals surface area contributed by atoms with Crippen LogP contribution in [-0.4, -0.2) is 36.9 Å². The van der Waals surface area contributed by atoms with E-state index in [9.17, 15) is 4.79 Å². The monoisotopic (exact) mass is 490 g/mol. The number of ether oxygens (including phenoxy) is 1. The summed E-state index contributed by atoms with van der Waals surface area (Å²) in [6.45, 7) is 1.96. The lowest BCUT2D eigenvalue weighted by atomic mass is 10.2. The average molecular weight is 491 g/mol. The van der Waals surface area contributed by atoms with Crippen LogP contribution in [0, 0.1) is 6.92 Å². The van der Waals surface area contributed by atoms with Crippen LogP contribution in [0.15, 0.2) is 76.7 Å². The molecule has 2 heterocycles. The fraction of sp³-hybridized carbons (Fsp3) is 0.125. The third-order valence-corrected chi connectivity index (χ3v) is 6.41. The van der Waals surface area contributed by atoms with Gasteiger partial charge in [-0.3, -0.25) is 9.36 Å². The summed E-state index contributed by atoms with van der Waals surface area (Å²) < 4.78 is 8.81. The van der Waals surface area contributed by atoms with E-state index in [4.69, 9.17) is 21.3 Å². The number of nitrogens with zero attached hydrogens (tertiary/aromatic N) is 6. The molecule has 10 heteroatoms. The Bertz CT molecular complexity index is 1550. The van der Waals surface area contributed by atoms with Gasteiger partial charge in [-0.2, -0.15) is 4.68 Å². The van der Waals surface area contributed by atoms with Crippen LogP contribution in [-0.2, 0) is 5.75 Å². The van der Waals surface area contributed by atoms with Crippen LogP contribution in [0.1, 0.15) is 11.4 Å². The summed E-state index contributed by atoms with van der Waals surface area (Å²) in [6.07, 6.45) is 0. The van der Waals surface area contributed by atoms with Crippen molar-refractivity contribution in [2.24, 2.45) is 0 Å². The maximum atomic E-state index is 13.7. The van der Waals surface area contributed by atoms with Gasteiger partial charge in [-0.25, -0.2) is 4.98 Å². The first kappa shape index (κ1) is 22.1. The summed E-state index contributed by atoms with van der Waals surface area (Å²) in [4.78, 5) is 18.4. The van der Waals surface area contributed by atoms with E-state index < -0.39 is 0 Å². The zero-order chi connectivity index (χ0) is 23.7. The number of hydrogen-bond acceptors (Lipinski definition) is 7. The number of hydrogen-bond donors (Lipinski definition) is 0. The fourth-order valence-electron chi connectivity index (χ4n) is 3.62. The van der Waals surface area contributed by atoms with Crippen LogP contribution >= 0.6 is 23.4 Å². The molecule has 0 saturated heterocycles. The predicted molar refractivity (Wildman–Crippen MR) is 132 cm³/mol. The van der Waals surface area contributed by atoms with Gasteiger partial charge in [0.05, 0.1) is 35.1 Å². The lowest BCUT2D eigenvalue weighted by Gasteiger charge is -2.16. The Labute approximate surface area is 204 Å². The molecule has 0 unspecified atom stereocenters. The normalized spacial score (nSPS) is 11.1. The average Bonchev–Trinajstić information content (AvgIpc) is 3.32. The Kier molecular flexibility index (Phi) is 6.04. The predicted octanol–water partition coefficient (Wildman–Crippen LogP) is 4.62. The van der Waals surface area contributed by atoms with Crippen LogP contribution < -0.4 is 10.3 Å². The highest BCUT2D eigenvalue weighted by Gasteiger charge is 2.19. The molecule has 8 nitrogen and oxygen atoms in total. The highest BCUT2D eigenvalue weighted by Crippen LogP contribution is 2.30. The minimum Gasteiger partial charge on any atom is -0.495 e. The first-order valence-corrected chi connectivity index (χ1v) is 11.7. The van der Waals surface area contributed by atoms with Crippen LogP contribution in [0.3, 0.4) is 0 Å². The van der Waals surface area contributed by atoms with Crippen molar-refractivity contribution in [1.29, 1.82) is 0 Å². The number of benzene rings is 3. The Morgan fingerprint density at radius 3 is 2.68 bits per heavy atom. The second-order valence-corrected chi connectivity index (χ2v) is 8.88. The Hall–Kier alpha value is -3.69. The first-order valence-electron chi connectivity index (χ1n) is 10.4. The Morgan fingerprint density at radius 2 is 1.88 bits per heavy atom.